The fourth-order valence-corrected chi connectivity index (χ4v) is 3.40. The van der Waals surface area contributed by atoms with Crippen molar-refractivity contribution in [2.45, 2.75) is 25.9 Å². The van der Waals surface area contributed by atoms with Crippen LogP contribution in [0, 0.1) is 0 Å². The predicted molar refractivity (Wildman–Crippen MR) is 89.7 cm³/mol. The van der Waals surface area contributed by atoms with E-state index in [-0.39, 0.29) is 17.0 Å². The number of likely N-dealkylation sites (tertiary alicyclic amines) is 1. The molecule has 1 aromatic heterocycles. The van der Waals surface area contributed by atoms with Gasteiger partial charge in [0.25, 0.3) is 11.5 Å². The molecule has 2 aliphatic rings. The minimum absolute atomic E-state index is 0.136. The Morgan fingerprint density at radius 3 is 2.43 bits per heavy atom. The van der Waals surface area contributed by atoms with Crippen LogP contribution in [0.2, 0.25) is 0 Å². The van der Waals surface area contributed by atoms with E-state index in [0.29, 0.717) is 12.1 Å². The van der Waals surface area contributed by atoms with Gasteiger partial charge in [0.15, 0.2) is 0 Å². The van der Waals surface area contributed by atoms with Crippen LogP contribution in [0.3, 0.4) is 0 Å². The molecule has 126 valence electrons. The molecule has 1 amide bonds. The summed E-state index contributed by atoms with van der Waals surface area (Å²) in [6.07, 6.45) is 1.67. The Labute approximate surface area is 137 Å². The van der Waals surface area contributed by atoms with Crippen molar-refractivity contribution in [1.29, 1.82) is 0 Å². The van der Waals surface area contributed by atoms with E-state index in [1.807, 2.05) is 0 Å². The number of piperazine rings is 1. The van der Waals surface area contributed by atoms with E-state index >= 15 is 0 Å². The molecule has 6 nitrogen and oxygen atoms in total. The molecular weight excluding hydrogens is 292 g/mol. The Hall–Kier alpha value is -1.66. The molecule has 2 fully saturated rings. The summed E-state index contributed by atoms with van der Waals surface area (Å²) in [5.41, 5.74) is 0.0598. The summed E-state index contributed by atoms with van der Waals surface area (Å²) in [6, 6.07) is 4.42. The lowest BCUT2D eigenvalue weighted by Gasteiger charge is -2.48. The molecule has 0 spiro atoms. The minimum atomic E-state index is -0.216. The van der Waals surface area contributed by atoms with Crippen LogP contribution in [0.15, 0.2) is 23.1 Å². The third kappa shape index (κ3) is 3.19. The third-order valence-corrected chi connectivity index (χ3v) is 5.10. The second kappa shape index (κ2) is 6.45. The van der Waals surface area contributed by atoms with Crippen molar-refractivity contribution in [1.82, 2.24) is 19.3 Å². The molecule has 0 radical (unpaired) electrons. The molecule has 2 saturated heterocycles. The van der Waals surface area contributed by atoms with Crippen molar-refractivity contribution >= 4 is 5.91 Å². The lowest BCUT2D eigenvalue weighted by Crippen LogP contribution is -2.64. The molecule has 6 heteroatoms. The number of pyridine rings is 1. The number of aromatic nitrogens is 1. The molecular formula is C17H26N4O2. The highest BCUT2D eigenvalue weighted by Gasteiger charge is 2.37. The fraction of sp³-hybridized carbons (Fsp3) is 0.647. The predicted octanol–water partition coefficient (Wildman–Crippen LogP) is 0.236. The van der Waals surface area contributed by atoms with Gasteiger partial charge < -0.3 is 9.47 Å². The van der Waals surface area contributed by atoms with Crippen LogP contribution in [0.25, 0.3) is 0 Å². The number of aryl methyl sites for hydroxylation is 1. The normalized spacial score (nSPS) is 20.8. The number of hydrogen-bond donors (Lipinski definition) is 0. The molecule has 23 heavy (non-hydrogen) atoms. The van der Waals surface area contributed by atoms with Crippen LogP contribution >= 0.6 is 0 Å². The number of amides is 1. The Balaban J connectivity index is 1.54. The van der Waals surface area contributed by atoms with E-state index in [1.54, 1.807) is 30.3 Å². The largest absolute Gasteiger partial charge is 0.335 e. The summed E-state index contributed by atoms with van der Waals surface area (Å²) in [6.45, 7) is 10.3. The molecule has 1 aromatic rings. The summed E-state index contributed by atoms with van der Waals surface area (Å²) < 4.78 is 1.45. The van der Waals surface area contributed by atoms with Crippen LogP contribution in [0.4, 0.5) is 0 Å². The monoisotopic (exact) mass is 318 g/mol. The van der Waals surface area contributed by atoms with E-state index in [0.717, 1.165) is 39.3 Å². The first-order valence-corrected chi connectivity index (χ1v) is 8.40. The molecule has 3 heterocycles. The lowest BCUT2D eigenvalue weighted by molar-refractivity contribution is 0.00306. The van der Waals surface area contributed by atoms with Crippen molar-refractivity contribution in [3.8, 4) is 0 Å². The Kier molecular flexibility index (Phi) is 4.55. The van der Waals surface area contributed by atoms with E-state index in [4.69, 9.17) is 0 Å². The van der Waals surface area contributed by atoms with Gasteiger partial charge in [0.1, 0.15) is 5.56 Å². The van der Waals surface area contributed by atoms with Crippen molar-refractivity contribution < 1.29 is 4.79 Å². The van der Waals surface area contributed by atoms with Gasteiger partial charge in [0.05, 0.1) is 0 Å². The number of hydrogen-bond acceptors (Lipinski definition) is 4. The summed E-state index contributed by atoms with van der Waals surface area (Å²) in [5.74, 6) is -0.136. The Bertz CT molecular complexity index is 626. The lowest BCUT2D eigenvalue weighted by atomic mass is 10.0. The van der Waals surface area contributed by atoms with Crippen molar-refractivity contribution in [3.05, 3.63) is 34.2 Å². The number of carbonyl (C=O) groups is 1. The SMILES string of the molecule is CC(C)N1CCN(C2CN(C(=O)c3cccn(C)c3=O)C2)CC1. The van der Waals surface area contributed by atoms with Gasteiger partial charge in [-0.3, -0.25) is 19.4 Å². The maximum absolute atomic E-state index is 12.5. The molecule has 0 unspecified atom stereocenters. The van der Waals surface area contributed by atoms with E-state index in [9.17, 15) is 9.59 Å². The maximum Gasteiger partial charge on any atom is 0.263 e. The van der Waals surface area contributed by atoms with Gasteiger partial charge in [-0.25, -0.2) is 0 Å². The standard InChI is InChI=1S/C17H26N4O2/c1-13(2)19-7-9-20(10-8-19)14-11-21(12-14)17(23)15-5-4-6-18(3)16(15)22/h4-6,13-14H,7-12H2,1-3H3. The van der Waals surface area contributed by atoms with Crippen LogP contribution in [0.1, 0.15) is 24.2 Å². The average molecular weight is 318 g/mol. The van der Waals surface area contributed by atoms with Gasteiger partial charge >= 0.3 is 0 Å². The first-order chi connectivity index (χ1) is 11.0. The van der Waals surface area contributed by atoms with Gasteiger partial charge in [-0.2, -0.15) is 0 Å². The first-order valence-electron chi connectivity index (χ1n) is 8.40. The molecule has 0 atom stereocenters. The highest BCUT2D eigenvalue weighted by molar-refractivity contribution is 5.94. The van der Waals surface area contributed by atoms with Crippen LogP contribution in [-0.2, 0) is 7.05 Å². The molecule has 3 rings (SSSR count). The van der Waals surface area contributed by atoms with Crippen molar-refractivity contribution in [3.63, 3.8) is 0 Å². The third-order valence-electron chi connectivity index (χ3n) is 5.10. The van der Waals surface area contributed by atoms with Gasteiger partial charge in [0, 0.05) is 64.6 Å². The Morgan fingerprint density at radius 1 is 1.17 bits per heavy atom. The zero-order valence-electron chi connectivity index (χ0n) is 14.2. The number of rotatable bonds is 3. The molecule has 0 bridgehead atoms. The highest BCUT2D eigenvalue weighted by Crippen LogP contribution is 2.19. The molecule has 0 aromatic carbocycles. The van der Waals surface area contributed by atoms with Gasteiger partial charge in [-0.1, -0.05) is 0 Å². The Morgan fingerprint density at radius 2 is 1.83 bits per heavy atom. The summed E-state index contributed by atoms with van der Waals surface area (Å²) >= 11 is 0. The molecule has 0 aliphatic carbocycles. The smallest absolute Gasteiger partial charge is 0.263 e. The highest BCUT2D eigenvalue weighted by atomic mass is 16.2. The maximum atomic E-state index is 12.5. The zero-order chi connectivity index (χ0) is 16.6. The second-order valence-electron chi connectivity index (χ2n) is 6.87. The second-order valence-corrected chi connectivity index (χ2v) is 6.87. The first kappa shape index (κ1) is 16.2. The van der Waals surface area contributed by atoms with Gasteiger partial charge in [-0.15, -0.1) is 0 Å². The van der Waals surface area contributed by atoms with E-state index < -0.39 is 0 Å². The fourth-order valence-electron chi connectivity index (χ4n) is 3.40. The van der Waals surface area contributed by atoms with Crippen LogP contribution < -0.4 is 5.56 Å². The van der Waals surface area contributed by atoms with Crippen molar-refractivity contribution in [2.24, 2.45) is 7.05 Å². The minimum Gasteiger partial charge on any atom is -0.335 e. The molecule has 0 N–H and O–H groups in total. The molecule has 0 saturated carbocycles. The zero-order valence-corrected chi connectivity index (χ0v) is 14.2. The summed E-state index contributed by atoms with van der Waals surface area (Å²) in [5, 5.41) is 0. The molecule has 2 aliphatic heterocycles. The quantitative estimate of drug-likeness (QED) is 0.801. The van der Waals surface area contributed by atoms with Gasteiger partial charge in [-0.05, 0) is 26.0 Å². The summed E-state index contributed by atoms with van der Waals surface area (Å²) in [4.78, 5) is 31.3. The van der Waals surface area contributed by atoms with Crippen LogP contribution in [-0.4, -0.2) is 76.5 Å². The average Bonchev–Trinajstić information content (AvgIpc) is 2.49. The van der Waals surface area contributed by atoms with Gasteiger partial charge in [0.2, 0.25) is 0 Å². The van der Waals surface area contributed by atoms with Crippen molar-refractivity contribution in [2.75, 3.05) is 39.3 Å². The topological polar surface area (TPSA) is 48.8 Å². The number of nitrogens with zero attached hydrogens (tertiary/aromatic N) is 4. The van der Waals surface area contributed by atoms with E-state index in [2.05, 4.69) is 23.6 Å². The summed E-state index contributed by atoms with van der Waals surface area (Å²) in [7, 11) is 1.67. The van der Waals surface area contributed by atoms with E-state index in [1.165, 1.54) is 4.57 Å². The van der Waals surface area contributed by atoms with Crippen LogP contribution in [0.5, 0.6) is 0 Å². The number of carbonyl (C=O) groups excluding carboxylic acids is 1.